The van der Waals surface area contributed by atoms with Gasteiger partial charge in [-0.3, -0.25) is 4.79 Å². The molecule has 0 aliphatic rings. The maximum absolute atomic E-state index is 9.80. The van der Waals surface area contributed by atoms with E-state index in [1.807, 2.05) is 0 Å². The highest BCUT2D eigenvalue weighted by molar-refractivity contribution is 6.66. The van der Waals surface area contributed by atoms with Crippen molar-refractivity contribution >= 4 is 16.8 Å². The minimum absolute atomic E-state index is 0.526. The van der Waals surface area contributed by atoms with E-state index in [0.717, 1.165) is 6.08 Å². The molecule has 0 aromatic heterocycles. The molecule has 0 bridgehead atoms. The van der Waals surface area contributed by atoms with Crippen molar-refractivity contribution in [3.05, 3.63) is 12.3 Å². The molecule has 0 unspecified atom stereocenters. The van der Waals surface area contributed by atoms with Crippen molar-refractivity contribution in [2.45, 2.75) is 0 Å². The fourth-order valence-corrected chi connectivity index (χ4v) is 0.173. The molecule has 0 amide bonds. The summed E-state index contributed by atoms with van der Waals surface area (Å²) in [5, 5.41) is -0.526. The Labute approximate surface area is 46.7 Å². The molecule has 0 aromatic carbocycles. The SMILES string of the molecule is CO/C=C/C(=O)Cl. The smallest absolute Gasteiger partial charge is 0.248 e. The molecule has 40 valence electrons. The van der Waals surface area contributed by atoms with Gasteiger partial charge in [0.25, 0.3) is 0 Å². The van der Waals surface area contributed by atoms with E-state index in [0.29, 0.717) is 0 Å². The summed E-state index contributed by atoms with van der Waals surface area (Å²) in [5.74, 6) is 0. The fraction of sp³-hybridized carbons (Fsp3) is 0.250. The van der Waals surface area contributed by atoms with Crippen molar-refractivity contribution in [2.75, 3.05) is 7.11 Å². The van der Waals surface area contributed by atoms with Gasteiger partial charge in [-0.25, -0.2) is 0 Å². The Morgan fingerprint density at radius 2 is 2.43 bits per heavy atom. The van der Waals surface area contributed by atoms with Crippen molar-refractivity contribution < 1.29 is 9.53 Å². The molecule has 2 nitrogen and oxygen atoms in total. The van der Waals surface area contributed by atoms with E-state index in [4.69, 9.17) is 11.6 Å². The van der Waals surface area contributed by atoms with Crippen LogP contribution in [0.3, 0.4) is 0 Å². The Morgan fingerprint density at radius 3 is 2.57 bits per heavy atom. The average molecular weight is 121 g/mol. The number of methoxy groups -OCH3 is 1. The normalized spacial score (nSPS) is 9.43. The molecule has 0 radical (unpaired) electrons. The number of allylic oxidation sites excluding steroid dienone is 1. The van der Waals surface area contributed by atoms with Crippen LogP contribution >= 0.6 is 11.6 Å². The van der Waals surface area contributed by atoms with Crippen molar-refractivity contribution in [3.8, 4) is 0 Å². The van der Waals surface area contributed by atoms with Gasteiger partial charge in [-0.15, -0.1) is 0 Å². The summed E-state index contributed by atoms with van der Waals surface area (Å²) >= 11 is 4.85. The zero-order valence-corrected chi connectivity index (χ0v) is 4.61. The largest absolute Gasteiger partial charge is 0.504 e. The van der Waals surface area contributed by atoms with Gasteiger partial charge in [-0.1, -0.05) is 0 Å². The lowest BCUT2D eigenvalue weighted by Gasteiger charge is -1.79. The van der Waals surface area contributed by atoms with Crippen LogP contribution in [0.2, 0.25) is 0 Å². The third kappa shape index (κ3) is 5.50. The third-order valence-electron chi connectivity index (χ3n) is 0.335. The maximum Gasteiger partial charge on any atom is 0.248 e. The van der Waals surface area contributed by atoms with Gasteiger partial charge in [-0.2, -0.15) is 0 Å². The molecule has 0 aliphatic carbocycles. The lowest BCUT2D eigenvalue weighted by atomic mass is 10.7. The first-order chi connectivity index (χ1) is 3.27. The molecule has 3 heteroatoms. The van der Waals surface area contributed by atoms with E-state index in [1.165, 1.54) is 13.4 Å². The van der Waals surface area contributed by atoms with Gasteiger partial charge in [0.2, 0.25) is 5.24 Å². The first-order valence-electron chi connectivity index (χ1n) is 1.66. The molecule has 0 spiro atoms. The van der Waals surface area contributed by atoms with E-state index in [2.05, 4.69) is 4.74 Å². The van der Waals surface area contributed by atoms with Gasteiger partial charge < -0.3 is 4.74 Å². The Hall–Kier alpha value is -0.500. The van der Waals surface area contributed by atoms with Crippen molar-refractivity contribution in [3.63, 3.8) is 0 Å². The molecular weight excluding hydrogens is 115 g/mol. The van der Waals surface area contributed by atoms with E-state index in [-0.39, 0.29) is 0 Å². The summed E-state index contributed by atoms with van der Waals surface area (Å²) in [6, 6.07) is 0. The number of carbonyl (C=O) groups excluding carboxylic acids is 1. The fourth-order valence-electron chi connectivity index (χ4n) is 0.122. The number of halogens is 1. The molecule has 0 saturated heterocycles. The molecule has 0 aromatic rings. The zero-order valence-electron chi connectivity index (χ0n) is 3.85. The van der Waals surface area contributed by atoms with Gasteiger partial charge >= 0.3 is 0 Å². The molecule has 0 aliphatic heterocycles. The standard InChI is InChI=1S/C4H5ClO2/c1-7-3-2-4(5)6/h2-3H,1H3/b3-2+. The van der Waals surface area contributed by atoms with Crippen LogP contribution < -0.4 is 0 Å². The monoisotopic (exact) mass is 120 g/mol. The molecule has 0 atom stereocenters. The van der Waals surface area contributed by atoms with Gasteiger partial charge in [-0.05, 0) is 11.6 Å². The van der Waals surface area contributed by atoms with Gasteiger partial charge in [0.15, 0.2) is 0 Å². The molecular formula is C4H5ClO2. The number of ether oxygens (including phenoxy) is 1. The van der Waals surface area contributed by atoms with Crippen LogP contribution in [0.4, 0.5) is 0 Å². The van der Waals surface area contributed by atoms with Gasteiger partial charge in [0.05, 0.1) is 13.4 Å². The first kappa shape index (κ1) is 6.50. The van der Waals surface area contributed by atoms with E-state index in [9.17, 15) is 4.79 Å². The van der Waals surface area contributed by atoms with Crippen LogP contribution in [-0.2, 0) is 9.53 Å². The minimum atomic E-state index is -0.526. The first-order valence-corrected chi connectivity index (χ1v) is 2.04. The summed E-state index contributed by atoms with van der Waals surface area (Å²) in [6.07, 6.45) is 2.34. The van der Waals surface area contributed by atoms with E-state index in [1.54, 1.807) is 0 Å². The van der Waals surface area contributed by atoms with Gasteiger partial charge in [0.1, 0.15) is 0 Å². The highest BCUT2D eigenvalue weighted by Crippen LogP contribution is 1.80. The molecule has 0 heterocycles. The number of hydrogen-bond acceptors (Lipinski definition) is 2. The molecule has 0 rings (SSSR count). The van der Waals surface area contributed by atoms with Gasteiger partial charge in [0, 0.05) is 6.08 Å². The molecule has 7 heavy (non-hydrogen) atoms. The average Bonchev–Trinajstić information content (AvgIpc) is 1.61. The lowest BCUT2D eigenvalue weighted by molar-refractivity contribution is -0.107. The van der Waals surface area contributed by atoms with Crippen molar-refractivity contribution in [1.82, 2.24) is 0 Å². The second-order valence-electron chi connectivity index (χ2n) is 0.843. The molecule has 0 N–H and O–H groups in total. The minimum Gasteiger partial charge on any atom is -0.504 e. The Balaban J connectivity index is 3.26. The summed E-state index contributed by atoms with van der Waals surface area (Å²) in [7, 11) is 1.44. The summed E-state index contributed by atoms with van der Waals surface area (Å²) < 4.78 is 4.37. The Kier molecular flexibility index (Phi) is 3.42. The van der Waals surface area contributed by atoms with Crippen LogP contribution in [0.1, 0.15) is 0 Å². The highest BCUT2D eigenvalue weighted by atomic mass is 35.5. The second-order valence-corrected chi connectivity index (χ2v) is 1.22. The van der Waals surface area contributed by atoms with E-state index >= 15 is 0 Å². The summed E-state index contributed by atoms with van der Waals surface area (Å²) in [6.45, 7) is 0. The predicted octanol–water partition coefficient (Wildman–Crippen LogP) is 0.912. The zero-order chi connectivity index (χ0) is 5.70. The summed E-state index contributed by atoms with van der Waals surface area (Å²) in [4.78, 5) is 9.80. The Morgan fingerprint density at radius 1 is 1.86 bits per heavy atom. The topological polar surface area (TPSA) is 26.3 Å². The lowest BCUT2D eigenvalue weighted by Crippen LogP contribution is -1.74. The quantitative estimate of drug-likeness (QED) is 0.308. The Bertz CT molecular complexity index is 87.7. The molecule has 0 fully saturated rings. The van der Waals surface area contributed by atoms with E-state index < -0.39 is 5.24 Å². The number of hydrogen-bond donors (Lipinski definition) is 0. The van der Waals surface area contributed by atoms with Crippen molar-refractivity contribution in [1.29, 1.82) is 0 Å². The van der Waals surface area contributed by atoms with Crippen LogP contribution in [0.5, 0.6) is 0 Å². The number of rotatable bonds is 2. The molecule has 0 saturated carbocycles. The van der Waals surface area contributed by atoms with Crippen LogP contribution in [0, 0.1) is 0 Å². The predicted molar refractivity (Wildman–Crippen MR) is 27.0 cm³/mol. The van der Waals surface area contributed by atoms with Crippen LogP contribution in [-0.4, -0.2) is 12.4 Å². The van der Waals surface area contributed by atoms with Crippen molar-refractivity contribution in [2.24, 2.45) is 0 Å². The highest BCUT2D eigenvalue weighted by Gasteiger charge is 1.80. The number of carbonyl (C=O) groups is 1. The second kappa shape index (κ2) is 3.68. The van der Waals surface area contributed by atoms with Crippen LogP contribution in [0.25, 0.3) is 0 Å². The maximum atomic E-state index is 9.80. The third-order valence-corrected chi connectivity index (χ3v) is 0.461. The van der Waals surface area contributed by atoms with Crippen LogP contribution in [0.15, 0.2) is 12.3 Å². The summed E-state index contributed by atoms with van der Waals surface area (Å²) in [5.41, 5.74) is 0.